The summed E-state index contributed by atoms with van der Waals surface area (Å²) in [5.74, 6) is 1.97. The van der Waals surface area contributed by atoms with Gasteiger partial charge in [0, 0.05) is 13.1 Å². The number of hydrogen-bond donors (Lipinski definition) is 3. The van der Waals surface area contributed by atoms with Crippen molar-refractivity contribution in [2.24, 2.45) is 11.8 Å². The summed E-state index contributed by atoms with van der Waals surface area (Å²) in [5, 5.41) is 0.231. The summed E-state index contributed by atoms with van der Waals surface area (Å²) in [5.41, 5.74) is 0. The number of thioether (sulfide) groups is 1. The van der Waals surface area contributed by atoms with E-state index >= 15 is 0 Å². The number of phosphoric acid groups is 1. The number of amides is 1. The lowest BCUT2D eigenvalue weighted by molar-refractivity contribution is 0.208. The van der Waals surface area contributed by atoms with Gasteiger partial charge in [-0.25, -0.2) is 4.57 Å². The van der Waals surface area contributed by atoms with Gasteiger partial charge in [0.1, 0.15) is 0 Å². The van der Waals surface area contributed by atoms with Crippen LogP contribution in [-0.2, 0) is 4.57 Å². The second kappa shape index (κ2) is 10.7. The van der Waals surface area contributed by atoms with Crippen molar-refractivity contribution in [1.29, 1.82) is 0 Å². The third-order valence-electron chi connectivity index (χ3n) is 1.70. The van der Waals surface area contributed by atoms with E-state index in [1.165, 1.54) is 11.8 Å². The molecule has 0 aromatic heterocycles. The molecule has 8 heteroatoms. The Hall–Kier alpha value is -0.0700. The highest BCUT2D eigenvalue weighted by molar-refractivity contribution is 8.13. The Bertz CT molecular complexity index is 275. The molecule has 3 N–H and O–H groups in total. The molecule has 6 nitrogen and oxygen atoms in total. The maximum Gasteiger partial charge on any atom is 0.466 e. The van der Waals surface area contributed by atoms with Gasteiger partial charge in [0.25, 0.3) is 5.24 Å². The summed E-state index contributed by atoms with van der Waals surface area (Å²) in [7, 11) is -4.64. The first-order valence-corrected chi connectivity index (χ1v) is 8.72. The first-order chi connectivity index (χ1) is 8.47. The Balaban J connectivity index is 0. The molecule has 0 aliphatic heterocycles. The normalized spacial score (nSPS) is 11.3. The molecule has 0 heterocycles. The van der Waals surface area contributed by atoms with Gasteiger partial charge in [-0.2, -0.15) is 0 Å². The Morgan fingerprint density at radius 1 is 1.11 bits per heavy atom. The van der Waals surface area contributed by atoms with Crippen LogP contribution >= 0.6 is 19.6 Å². The Kier molecular flexibility index (Phi) is 11.9. The highest BCUT2D eigenvalue weighted by Crippen LogP contribution is 2.25. The summed E-state index contributed by atoms with van der Waals surface area (Å²) < 4.78 is 8.88. The van der Waals surface area contributed by atoms with Gasteiger partial charge in [-0.05, 0) is 17.6 Å². The van der Waals surface area contributed by atoms with Gasteiger partial charge in [0.05, 0.1) is 0 Å². The Labute approximate surface area is 119 Å². The summed E-state index contributed by atoms with van der Waals surface area (Å²) in [6.07, 6.45) is 0. The van der Waals surface area contributed by atoms with Crippen LogP contribution in [0.25, 0.3) is 0 Å². The van der Waals surface area contributed by atoms with Gasteiger partial charge in [-0.1, -0.05) is 46.4 Å². The van der Waals surface area contributed by atoms with E-state index in [1.807, 2.05) is 11.8 Å². The number of hydrogen-bond acceptors (Lipinski definition) is 3. The zero-order chi connectivity index (χ0) is 15.6. The monoisotopic (exact) mass is 315 g/mol. The summed E-state index contributed by atoms with van der Waals surface area (Å²) in [4.78, 5) is 35.2. The van der Waals surface area contributed by atoms with Crippen molar-refractivity contribution in [2.45, 2.75) is 34.6 Å². The minimum atomic E-state index is -4.64. The van der Waals surface area contributed by atoms with Crippen LogP contribution in [0.5, 0.6) is 0 Å². The summed E-state index contributed by atoms with van der Waals surface area (Å²) in [6.45, 7) is 12.4. The largest absolute Gasteiger partial charge is 0.466 e. The van der Waals surface area contributed by atoms with Crippen molar-refractivity contribution in [3.8, 4) is 0 Å². The van der Waals surface area contributed by atoms with Crippen LogP contribution in [0.1, 0.15) is 34.6 Å². The first-order valence-electron chi connectivity index (χ1n) is 6.17. The number of nitrogens with zero attached hydrogens (tertiary/aromatic N) is 1. The predicted octanol–water partition coefficient (Wildman–Crippen LogP) is 2.54. The van der Waals surface area contributed by atoms with Gasteiger partial charge in [0.15, 0.2) is 0 Å². The van der Waals surface area contributed by atoms with Crippen LogP contribution in [0.3, 0.4) is 0 Å². The Morgan fingerprint density at radius 3 is 1.63 bits per heavy atom. The molecule has 0 aliphatic carbocycles. The molecule has 0 aromatic carbocycles. The van der Waals surface area contributed by atoms with E-state index in [0.717, 1.165) is 18.8 Å². The highest BCUT2D eigenvalue weighted by atomic mass is 32.2. The predicted molar refractivity (Wildman–Crippen MR) is 79.0 cm³/mol. The fraction of sp³-hybridized carbons (Fsp3) is 0.909. The van der Waals surface area contributed by atoms with E-state index in [9.17, 15) is 4.79 Å². The van der Waals surface area contributed by atoms with Crippen LogP contribution in [0.4, 0.5) is 4.79 Å². The molecule has 19 heavy (non-hydrogen) atoms. The second-order valence-corrected chi connectivity index (χ2v) is 7.15. The maximum atomic E-state index is 11.7. The maximum absolute atomic E-state index is 11.7. The van der Waals surface area contributed by atoms with E-state index in [1.54, 1.807) is 0 Å². The fourth-order valence-corrected chi connectivity index (χ4v) is 1.90. The van der Waals surface area contributed by atoms with Gasteiger partial charge in [-0.3, -0.25) is 4.79 Å². The average Bonchev–Trinajstić information content (AvgIpc) is 2.12. The number of rotatable bonds is 5. The molecular formula is C11H26NO5PS. The lowest BCUT2D eigenvalue weighted by Crippen LogP contribution is -2.34. The van der Waals surface area contributed by atoms with Gasteiger partial charge >= 0.3 is 7.82 Å². The molecule has 0 aliphatic rings. The van der Waals surface area contributed by atoms with Crippen molar-refractivity contribution >= 4 is 24.8 Å². The second-order valence-electron chi connectivity index (χ2n) is 4.90. The zero-order valence-corrected chi connectivity index (χ0v) is 13.9. The minimum Gasteiger partial charge on any atom is -0.333 e. The molecule has 0 bridgehead atoms. The molecule has 0 fully saturated rings. The molecule has 0 spiro atoms. The SMILES string of the molecule is CCSC(=O)N(CC(C)C)CC(C)C.O=P(O)(O)O. The quantitative estimate of drug-likeness (QED) is 0.674. The number of carbonyl (C=O) groups excluding carboxylic acids is 1. The standard InChI is InChI=1S/C11H23NOS.H3O4P/c1-6-14-11(13)12(7-9(2)3)8-10(4)5;1-5(2,3)4/h9-10H,6-8H2,1-5H3;(H3,1,2,3,4). The van der Waals surface area contributed by atoms with Gasteiger partial charge < -0.3 is 19.6 Å². The van der Waals surface area contributed by atoms with Crippen LogP contribution in [0.15, 0.2) is 0 Å². The summed E-state index contributed by atoms with van der Waals surface area (Å²) >= 11 is 1.41. The van der Waals surface area contributed by atoms with Gasteiger partial charge in [0.2, 0.25) is 0 Å². The molecule has 0 unspecified atom stereocenters. The van der Waals surface area contributed by atoms with Crippen LogP contribution in [0, 0.1) is 11.8 Å². The van der Waals surface area contributed by atoms with Crippen LogP contribution in [-0.4, -0.2) is 43.7 Å². The molecule has 1 amide bonds. The van der Waals surface area contributed by atoms with Crippen molar-refractivity contribution in [2.75, 3.05) is 18.8 Å². The highest BCUT2D eigenvalue weighted by Gasteiger charge is 2.15. The van der Waals surface area contributed by atoms with Crippen molar-refractivity contribution < 1.29 is 24.0 Å². The molecule has 0 atom stereocenters. The van der Waals surface area contributed by atoms with Crippen molar-refractivity contribution in [1.82, 2.24) is 4.90 Å². The van der Waals surface area contributed by atoms with Crippen LogP contribution < -0.4 is 0 Å². The average molecular weight is 315 g/mol. The van der Waals surface area contributed by atoms with E-state index in [2.05, 4.69) is 27.7 Å². The molecule has 0 saturated carbocycles. The van der Waals surface area contributed by atoms with Crippen molar-refractivity contribution in [3.05, 3.63) is 0 Å². The lowest BCUT2D eigenvalue weighted by Gasteiger charge is -2.25. The van der Waals surface area contributed by atoms with Crippen LogP contribution in [0.2, 0.25) is 0 Å². The van der Waals surface area contributed by atoms with E-state index in [4.69, 9.17) is 19.2 Å². The van der Waals surface area contributed by atoms with E-state index in [0.29, 0.717) is 11.8 Å². The fourth-order valence-electron chi connectivity index (χ4n) is 1.32. The van der Waals surface area contributed by atoms with Gasteiger partial charge in [-0.15, -0.1) is 0 Å². The molecule has 116 valence electrons. The summed E-state index contributed by atoms with van der Waals surface area (Å²) in [6, 6.07) is 0. The molecule has 0 rings (SSSR count). The van der Waals surface area contributed by atoms with E-state index < -0.39 is 7.82 Å². The Morgan fingerprint density at radius 2 is 1.42 bits per heavy atom. The lowest BCUT2D eigenvalue weighted by atomic mass is 10.1. The van der Waals surface area contributed by atoms with Crippen molar-refractivity contribution in [3.63, 3.8) is 0 Å². The van der Waals surface area contributed by atoms with E-state index in [-0.39, 0.29) is 5.24 Å². The molecule has 0 aromatic rings. The number of carbonyl (C=O) groups is 1. The molecular weight excluding hydrogens is 289 g/mol. The minimum absolute atomic E-state index is 0.231. The first kappa shape index (κ1) is 21.2. The third-order valence-corrected chi connectivity index (χ3v) is 2.49. The third kappa shape index (κ3) is 20.4. The smallest absolute Gasteiger partial charge is 0.333 e. The topological polar surface area (TPSA) is 98.1 Å². The zero-order valence-electron chi connectivity index (χ0n) is 12.2. The molecule has 0 saturated heterocycles. The molecule has 0 radical (unpaired) electrons.